The van der Waals surface area contributed by atoms with Gasteiger partial charge in [-0.05, 0) is 43.3 Å². The molecule has 1 heterocycles. The maximum atomic E-state index is 12.4. The van der Waals surface area contributed by atoms with Gasteiger partial charge < -0.3 is 24.1 Å². The van der Waals surface area contributed by atoms with E-state index in [4.69, 9.17) is 14.2 Å². The summed E-state index contributed by atoms with van der Waals surface area (Å²) in [5, 5.41) is 12.0. The Morgan fingerprint density at radius 3 is 2.47 bits per heavy atom. The van der Waals surface area contributed by atoms with Crippen LogP contribution in [0, 0.1) is 0 Å². The van der Waals surface area contributed by atoms with Crippen molar-refractivity contribution in [1.82, 2.24) is 14.8 Å². The maximum Gasteiger partial charge on any atom is 0.234 e. The lowest BCUT2D eigenvalue weighted by atomic mass is 10.2. The smallest absolute Gasteiger partial charge is 0.234 e. The molecule has 3 rings (SSSR count). The lowest BCUT2D eigenvalue weighted by Gasteiger charge is -2.11. The van der Waals surface area contributed by atoms with E-state index >= 15 is 0 Å². The fraction of sp³-hybridized carbons (Fsp3) is 0.286. The van der Waals surface area contributed by atoms with E-state index in [1.165, 1.54) is 11.8 Å². The van der Waals surface area contributed by atoms with Gasteiger partial charge in [0.05, 0.1) is 32.3 Å². The van der Waals surface area contributed by atoms with Gasteiger partial charge in [0.2, 0.25) is 5.91 Å². The lowest BCUT2D eigenvalue weighted by molar-refractivity contribution is -0.113. The molecule has 9 heteroatoms. The van der Waals surface area contributed by atoms with E-state index in [0.29, 0.717) is 28.9 Å². The summed E-state index contributed by atoms with van der Waals surface area (Å²) in [6.45, 7) is 2.56. The van der Waals surface area contributed by atoms with E-state index in [-0.39, 0.29) is 11.7 Å². The minimum atomic E-state index is -0.172. The minimum absolute atomic E-state index is 0.172. The number of methoxy groups -OCH3 is 2. The summed E-state index contributed by atoms with van der Waals surface area (Å²) in [4.78, 5) is 12.4. The number of rotatable bonds is 9. The highest BCUT2D eigenvalue weighted by molar-refractivity contribution is 7.99. The Balaban J connectivity index is 1.63. The number of thioether (sulfide) groups is 1. The summed E-state index contributed by atoms with van der Waals surface area (Å²) in [5.74, 6) is 2.73. The molecule has 1 amide bonds. The first-order chi connectivity index (χ1) is 14.5. The molecular formula is C21H24N4O4S. The van der Waals surface area contributed by atoms with Crippen LogP contribution in [-0.2, 0) is 11.8 Å². The van der Waals surface area contributed by atoms with Gasteiger partial charge in [0.25, 0.3) is 0 Å². The van der Waals surface area contributed by atoms with Crippen LogP contribution in [0.4, 0.5) is 5.69 Å². The van der Waals surface area contributed by atoms with Gasteiger partial charge in [0, 0.05) is 18.7 Å². The normalized spacial score (nSPS) is 10.5. The molecule has 0 fully saturated rings. The highest BCUT2D eigenvalue weighted by Gasteiger charge is 2.14. The van der Waals surface area contributed by atoms with Gasteiger partial charge in [0.1, 0.15) is 17.2 Å². The largest absolute Gasteiger partial charge is 0.497 e. The third kappa shape index (κ3) is 5.04. The molecule has 3 aromatic rings. The number of carbonyl (C=O) groups excluding carboxylic acids is 1. The second-order valence-electron chi connectivity index (χ2n) is 6.23. The van der Waals surface area contributed by atoms with Crippen molar-refractivity contribution in [2.45, 2.75) is 12.1 Å². The first kappa shape index (κ1) is 21.5. The minimum Gasteiger partial charge on any atom is -0.497 e. The molecule has 0 aliphatic carbocycles. The van der Waals surface area contributed by atoms with Gasteiger partial charge in [-0.1, -0.05) is 11.8 Å². The van der Waals surface area contributed by atoms with Crippen molar-refractivity contribution in [3.63, 3.8) is 0 Å². The Bertz CT molecular complexity index is 1000. The summed E-state index contributed by atoms with van der Waals surface area (Å²) in [6.07, 6.45) is 0. The van der Waals surface area contributed by atoms with E-state index in [9.17, 15) is 4.79 Å². The second kappa shape index (κ2) is 10.0. The standard InChI is InChI=1S/C21H24N4O4S/c1-5-29-15-8-6-14(7-9-15)20-23-24-21(25(20)2)30-13-19(26)22-17-11-10-16(27-3)12-18(17)28-4/h6-12H,5,13H2,1-4H3,(H,22,26). The Hall–Kier alpha value is -3.20. The number of nitrogens with zero attached hydrogens (tertiary/aromatic N) is 3. The molecule has 0 bridgehead atoms. The molecule has 0 aliphatic heterocycles. The number of anilines is 1. The van der Waals surface area contributed by atoms with Gasteiger partial charge >= 0.3 is 0 Å². The van der Waals surface area contributed by atoms with Crippen molar-refractivity contribution in [3.05, 3.63) is 42.5 Å². The molecular weight excluding hydrogens is 404 g/mol. The molecule has 0 spiro atoms. The second-order valence-corrected chi connectivity index (χ2v) is 7.17. The molecule has 158 valence electrons. The van der Waals surface area contributed by atoms with Crippen LogP contribution in [0.1, 0.15) is 6.92 Å². The van der Waals surface area contributed by atoms with Gasteiger partial charge in [-0.3, -0.25) is 4.79 Å². The van der Waals surface area contributed by atoms with Crippen molar-refractivity contribution < 1.29 is 19.0 Å². The van der Waals surface area contributed by atoms with E-state index in [0.717, 1.165) is 17.1 Å². The summed E-state index contributed by atoms with van der Waals surface area (Å²) >= 11 is 1.31. The zero-order valence-electron chi connectivity index (χ0n) is 17.3. The number of nitrogens with one attached hydrogen (secondary N) is 1. The number of aromatic nitrogens is 3. The number of carbonyl (C=O) groups is 1. The molecule has 0 radical (unpaired) electrons. The van der Waals surface area contributed by atoms with Crippen LogP contribution >= 0.6 is 11.8 Å². The zero-order valence-corrected chi connectivity index (χ0v) is 18.2. The SMILES string of the molecule is CCOc1ccc(-c2nnc(SCC(=O)Nc3ccc(OC)cc3OC)n2C)cc1. The highest BCUT2D eigenvalue weighted by atomic mass is 32.2. The molecule has 0 aliphatic rings. The molecule has 0 saturated carbocycles. The van der Waals surface area contributed by atoms with Crippen molar-refractivity contribution >= 4 is 23.4 Å². The number of ether oxygens (including phenoxy) is 3. The molecule has 0 atom stereocenters. The quantitative estimate of drug-likeness (QED) is 0.521. The van der Waals surface area contributed by atoms with E-state index < -0.39 is 0 Å². The first-order valence-electron chi connectivity index (χ1n) is 9.33. The van der Waals surface area contributed by atoms with Gasteiger partial charge in [0.15, 0.2) is 11.0 Å². The van der Waals surface area contributed by atoms with Crippen molar-refractivity contribution in [2.24, 2.45) is 7.05 Å². The molecule has 8 nitrogen and oxygen atoms in total. The predicted molar refractivity (Wildman–Crippen MR) is 117 cm³/mol. The number of amides is 1. The molecule has 2 aromatic carbocycles. The zero-order chi connectivity index (χ0) is 21.5. The summed E-state index contributed by atoms with van der Waals surface area (Å²) in [7, 11) is 4.99. The van der Waals surface area contributed by atoms with Crippen LogP contribution in [0.2, 0.25) is 0 Å². The van der Waals surface area contributed by atoms with Crippen LogP contribution in [0.3, 0.4) is 0 Å². The van der Waals surface area contributed by atoms with Crippen LogP contribution in [0.25, 0.3) is 11.4 Å². The van der Waals surface area contributed by atoms with E-state index in [1.54, 1.807) is 32.4 Å². The van der Waals surface area contributed by atoms with E-state index in [1.807, 2.05) is 42.8 Å². The molecule has 1 N–H and O–H groups in total. The number of hydrogen-bond acceptors (Lipinski definition) is 7. The van der Waals surface area contributed by atoms with Gasteiger partial charge in [-0.2, -0.15) is 0 Å². The Labute approximate surface area is 179 Å². The molecule has 1 aromatic heterocycles. The average molecular weight is 429 g/mol. The van der Waals surface area contributed by atoms with Crippen LogP contribution < -0.4 is 19.5 Å². The van der Waals surface area contributed by atoms with Crippen LogP contribution in [0.15, 0.2) is 47.6 Å². The van der Waals surface area contributed by atoms with Crippen LogP contribution in [0.5, 0.6) is 17.2 Å². The lowest BCUT2D eigenvalue weighted by Crippen LogP contribution is -2.15. The summed E-state index contributed by atoms with van der Waals surface area (Å²) in [6, 6.07) is 12.9. The highest BCUT2D eigenvalue weighted by Crippen LogP contribution is 2.29. The predicted octanol–water partition coefficient (Wildman–Crippen LogP) is 3.63. The topological polar surface area (TPSA) is 87.5 Å². The van der Waals surface area contributed by atoms with E-state index in [2.05, 4.69) is 15.5 Å². The molecule has 30 heavy (non-hydrogen) atoms. The van der Waals surface area contributed by atoms with Gasteiger partial charge in [-0.15, -0.1) is 10.2 Å². The fourth-order valence-electron chi connectivity index (χ4n) is 2.78. The summed E-state index contributed by atoms with van der Waals surface area (Å²) < 4.78 is 17.8. The van der Waals surface area contributed by atoms with Crippen molar-refractivity contribution in [2.75, 3.05) is 31.9 Å². The van der Waals surface area contributed by atoms with Crippen molar-refractivity contribution in [1.29, 1.82) is 0 Å². The number of hydrogen-bond donors (Lipinski definition) is 1. The third-order valence-electron chi connectivity index (χ3n) is 4.27. The third-order valence-corrected chi connectivity index (χ3v) is 5.29. The Morgan fingerprint density at radius 1 is 1.07 bits per heavy atom. The van der Waals surface area contributed by atoms with Crippen LogP contribution in [-0.4, -0.2) is 47.3 Å². The average Bonchev–Trinajstić information content (AvgIpc) is 3.13. The van der Waals surface area contributed by atoms with Crippen molar-refractivity contribution in [3.8, 4) is 28.6 Å². The monoisotopic (exact) mass is 428 g/mol. The Kier molecular flexibility index (Phi) is 7.18. The first-order valence-corrected chi connectivity index (χ1v) is 10.3. The molecule has 0 saturated heterocycles. The Morgan fingerprint density at radius 2 is 1.80 bits per heavy atom. The number of benzene rings is 2. The van der Waals surface area contributed by atoms with Gasteiger partial charge in [-0.25, -0.2) is 0 Å². The summed E-state index contributed by atoms with van der Waals surface area (Å²) in [5.41, 5.74) is 1.50. The molecule has 0 unspecified atom stereocenters. The maximum absolute atomic E-state index is 12.4. The fourth-order valence-corrected chi connectivity index (χ4v) is 3.49.